The summed E-state index contributed by atoms with van der Waals surface area (Å²) in [5, 5.41) is 24.9. The number of carbonyl (C=O) groups is 3. The molecule has 5 heterocycles. The number of amides is 4. The molecule has 4 amide bonds. The molecule has 3 saturated heterocycles. The summed E-state index contributed by atoms with van der Waals surface area (Å²) in [4.78, 5) is 44.0. The van der Waals surface area contributed by atoms with Gasteiger partial charge in [-0.2, -0.15) is 5.26 Å². The van der Waals surface area contributed by atoms with Crippen LogP contribution in [-0.2, 0) is 4.79 Å². The Balaban J connectivity index is 0.689. The molecule has 4 aromatic rings. The Morgan fingerprint density at radius 1 is 0.948 bits per heavy atom. The largest absolute Gasteiger partial charge is 0.490 e. The lowest BCUT2D eigenvalue weighted by molar-refractivity contribution is -0.120. The first kappa shape index (κ1) is 38.3. The maximum atomic E-state index is 13.0. The molecule has 302 valence electrons. The number of benzene rings is 2. The topological polar surface area (TPSA) is 149 Å². The van der Waals surface area contributed by atoms with Crippen LogP contribution in [0.3, 0.4) is 0 Å². The number of urea groups is 1. The van der Waals surface area contributed by atoms with Crippen LogP contribution in [0.1, 0.15) is 92.7 Å². The molecule has 2 N–H and O–H groups in total. The molecule has 2 aromatic carbocycles. The van der Waals surface area contributed by atoms with E-state index < -0.39 is 0 Å². The number of carbonyl (C=O) groups excluding carboxylic acids is 3. The van der Waals surface area contributed by atoms with Crippen molar-refractivity contribution in [3.05, 3.63) is 77.1 Å². The molecule has 2 aromatic heterocycles. The first-order valence-corrected chi connectivity index (χ1v) is 21.3. The Labute approximate surface area is 343 Å². The van der Waals surface area contributed by atoms with E-state index in [1.807, 2.05) is 18.2 Å². The first-order chi connectivity index (χ1) is 28.2. The van der Waals surface area contributed by atoms with Crippen LogP contribution in [0.25, 0.3) is 10.9 Å². The Hall–Kier alpha value is -5.19. The summed E-state index contributed by atoms with van der Waals surface area (Å²) in [6, 6.07) is 19.4. The van der Waals surface area contributed by atoms with Crippen LogP contribution in [0.15, 0.2) is 60.8 Å². The van der Waals surface area contributed by atoms with Gasteiger partial charge in [-0.1, -0.05) is 17.7 Å². The number of ether oxygens (including phenoxy) is 1. The van der Waals surface area contributed by atoms with Crippen molar-refractivity contribution >= 4 is 51.9 Å². The molecule has 1 spiro atoms. The van der Waals surface area contributed by atoms with Crippen LogP contribution < -0.4 is 25.2 Å². The van der Waals surface area contributed by atoms with E-state index in [0.717, 1.165) is 93.7 Å². The number of likely N-dealkylation sites (tertiary alicyclic amines) is 1. The highest BCUT2D eigenvalue weighted by atomic mass is 35.5. The highest BCUT2D eigenvalue weighted by molar-refractivity contribution is 6.31. The number of rotatable bonds is 9. The lowest BCUT2D eigenvalue weighted by atomic mass is 9.60. The van der Waals surface area contributed by atoms with Crippen LogP contribution in [-0.4, -0.2) is 88.9 Å². The van der Waals surface area contributed by atoms with E-state index in [9.17, 15) is 14.4 Å². The predicted octanol–water partition coefficient (Wildman–Crippen LogP) is 6.86. The van der Waals surface area contributed by atoms with Gasteiger partial charge >= 0.3 is 6.03 Å². The lowest BCUT2D eigenvalue weighted by Crippen LogP contribution is -2.49. The van der Waals surface area contributed by atoms with Crippen LogP contribution in [0.2, 0.25) is 5.02 Å². The van der Waals surface area contributed by atoms with Crippen molar-refractivity contribution < 1.29 is 19.1 Å². The van der Waals surface area contributed by atoms with Gasteiger partial charge in [-0.05, 0) is 131 Å². The number of anilines is 2. The molecule has 13 nitrogen and oxygen atoms in total. The minimum Gasteiger partial charge on any atom is -0.490 e. The van der Waals surface area contributed by atoms with Gasteiger partial charge in [0.05, 0.1) is 27.9 Å². The van der Waals surface area contributed by atoms with E-state index >= 15 is 0 Å². The SMILES string of the molecule is N#Cc1ccc(O[C@H]2CC[C@H](NC(=O)c3ccc(N4CCC(CN5CCC6(CC5)CC(n5ccc7c(N8CCC(=O)NC8=O)cccc75)C6)CC4)nn3)CC2)cc1Cl. The van der Waals surface area contributed by atoms with Gasteiger partial charge in [0.15, 0.2) is 11.5 Å². The number of nitriles is 1. The van der Waals surface area contributed by atoms with Crippen molar-refractivity contribution in [3.8, 4) is 11.8 Å². The third-order valence-electron chi connectivity index (χ3n) is 13.4. The van der Waals surface area contributed by atoms with Crippen molar-refractivity contribution in [2.24, 2.45) is 11.3 Å². The summed E-state index contributed by atoms with van der Waals surface area (Å²) >= 11 is 6.16. The fourth-order valence-corrected chi connectivity index (χ4v) is 10.2. The Kier molecular flexibility index (Phi) is 10.7. The van der Waals surface area contributed by atoms with E-state index in [4.69, 9.17) is 21.6 Å². The van der Waals surface area contributed by atoms with E-state index in [1.165, 1.54) is 25.7 Å². The van der Waals surface area contributed by atoms with E-state index in [2.05, 4.69) is 59.6 Å². The molecule has 5 aliphatic rings. The molecule has 2 aliphatic carbocycles. The molecule has 0 radical (unpaired) electrons. The number of nitrogens with one attached hydrogen (secondary N) is 2. The molecule has 0 unspecified atom stereocenters. The molecular formula is C44H50ClN9O4. The zero-order valence-corrected chi connectivity index (χ0v) is 33.5. The fourth-order valence-electron chi connectivity index (χ4n) is 10.0. The summed E-state index contributed by atoms with van der Waals surface area (Å²) in [5.74, 6) is 1.74. The molecular weight excluding hydrogens is 754 g/mol. The van der Waals surface area contributed by atoms with Gasteiger partial charge in [0.2, 0.25) is 5.91 Å². The third-order valence-corrected chi connectivity index (χ3v) is 13.8. The number of nitrogens with zero attached hydrogens (tertiary/aromatic N) is 7. The number of hydrogen-bond donors (Lipinski definition) is 2. The maximum Gasteiger partial charge on any atom is 0.328 e. The van der Waals surface area contributed by atoms with Crippen LogP contribution in [0, 0.1) is 22.7 Å². The van der Waals surface area contributed by atoms with Gasteiger partial charge in [-0.3, -0.25) is 19.8 Å². The molecule has 5 fully saturated rings. The number of piperidine rings is 2. The van der Waals surface area contributed by atoms with Crippen molar-refractivity contribution in [2.45, 2.75) is 88.8 Å². The minimum absolute atomic E-state index is 0.0388. The van der Waals surface area contributed by atoms with Crippen molar-refractivity contribution in [3.63, 3.8) is 0 Å². The van der Waals surface area contributed by atoms with Gasteiger partial charge in [0.1, 0.15) is 11.8 Å². The maximum absolute atomic E-state index is 13.0. The van der Waals surface area contributed by atoms with Crippen LogP contribution >= 0.6 is 11.6 Å². The molecule has 0 bridgehead atoms. The van der Waals surface area contributed by atoms with Gasteiger partial charge in [-0.15, -0.1) is 10.2 Å². The molecule has 3 aliphatic heterocycles. The molecule has 0 atom stereocenters. The normalized spacial score (nSPS) is 23.0. The summed E-state index contributed by atoms with van der Waals surface area (Å²) in [6.45, 7) is 5.75. The zero-order chi connectivity index (χ0) is 39.8. The van der Waals surface area contributed by atoms with Crippen LogP contribution in [0.4, 0.5) is 16.3 Å². The number of aromatic nitrogens is 3. The summed E-state index contributed by atoms with van der Waals surface area (Å²) in [6.07, 6.45) is 12.9. The molecule has 9 rings (SSSR count). The summed E-state index contributed by atoms with van der Waals surface area (Å²) in [5.41, 5.74) is 3.21. The molecule has 14 heteroatoms. The van der Waals surface area contributed by atoms with Gasteiger partial charge in [-0.25, -0.2) is 4.79 Å². The average Bonchev–Trinajstić information content (AvgIpc) is 3.66. The smallest absolute Gasteiger partial charge is 0.328 e. The van der Waals surface area contributed by atoms with Gasteiger partial charge < -0.3 is 24.4 Å². The van der Waals surface area contributed by atoms with Gasteiger partial charge in [0.25, 0.3) is 5.91 Å². The average molecular weight is 804 g/mol. The van der Waals surface area contributed by atoms with Gasteiger partial charge in [0, 0.05) is 62.3 Å². The second-order valence-electron chi connectivity index (χ2n) is 17.1. The number of imide groups is 1. The number of hydrogen-bond acceptors (Lipinski definition) is 9. The summed E-state index contributed by atoms with van der Waals surface area (Å²) < 4.78 is 8.50. The number of fused-ring (bicyclic) bond motifs is 1. The third kappa shape index (κ3) is 7.96. The molecule has 2 saturated carbocycles. The van der Waals surface area contributed by atoms with E-state index in [0.29, 0.717) is 52.4 Å². The molecule has 58 heavy (non-hydrogen) atoms. The fraction of sp³-hybridized carbons (Fsp3) is 0.500. The zero-order valence-electron chi connectivity index (χ0n) is 32.7. The quantitative estimate of drug-likeness (QED) is 0.185. The van der Waals surface area contributed by atoms with E-state index in [1.54, 1.807) is 29.2 Å². The predicted molar refractivity (Wildman–Crippen MR) is 221 cm³/mol. The monoisotopic (exact) mass is 803 g/mol. The Morgan fingerprint density at radius 3 is 2.45 bits per heavy atom. The highest BCUT2D eigenvalue weighted by Gasteiger charge is 2.47. The van der Waals surface area contributed by atoms with Crippen molar-refractivity contribution in [1.29, 1.82) is 5.26 Å². The Bertz CT molecular complexity index is 2210. The number of halogens is 1. The second-order valence-corrected chi connectivity index (χ2v) is 17.5. The minimum atomic E-state index is -0.341. The van der Waals surface area contributed by atoms with Crippen molar-refractivity contribution in [2.75, 3.05) is 49.1 Å². The van der Waals surface area contributed by atoms with Crippen molar-refractivity contribution in [1.82, 2.24) is 30.3 Å². The highest BCUT2D eigenvalue weighted by Crippen LogP contribution is 2.55. The van der Waals surface area contributed by atoms with Crippen LogP contribution in [0.5, 0.6) is 5.75 Å². The second kappa shape index (κ2) is 16.2. The standard InChI is InChI=1S/C44H50ClN9O4/c45-36-24-34(7-4-30(36)27-46)58-33-8-5-31(6-9-33)47-42(56)37-10-11-40(50-49-37)52-18-12-29(13-19-52)28-51-22-16-44(17-23-51)25-32(26-44)53-20-14-35-38(53)2-1-3-39(35)54-21-15-41(55)48-43(54)57/h1-4,7,10-11,14,20,24,29,31-33H,5-6,8-9,12-13,15-19,21-23,25-26,28H2,(H,47,56)(H,48,55,57)/t31-,33-. The Morgan fingerprint density at radius 2 is 1.74 bits per heavy atom. The summed E-state index contributed by atoms with van der Waals surface area (Å²) in [7, 11) is 0. The van der Waals surface area contributed by atoms with E-state index in [-0.39, 0.29) is 30.0 Å². The first-order valence-electron chi connectivity index (χ1n) is 20.9. The lowest BCUT2D eigenvalue weighted by Gasteiger charge is -2.53.